The summed E-state index contributed by atoms with van der Waals surface area (Å²) in [6.45, 7) is 0.658. The van der Waals surface area contributed by atoms with E-state index in [0.29, 0.717) is 35.9 Å². The number of hydrogen-bond acceptors (Lipinski definition) is 5. The normalized spacial score (nSPS) is 16.1. The lowest BCUT2D eigenvalue weighted by molar-refractivity contribution is 0.0789. The van der Waals surface area contributed by atoms with Crippen molar-refractivity contribution in [3.8, 4) is 11.5 Å². The summed E-state index contributed by atoms with van der Waals surface area (Å²) in [5.74, 6) is 1.08. The molecule has 1 atom stereocenters. The van der Waals surface area contributed by atoms with Gasteiger partial charge in [-0.2, -0.15) is 0 Å². The third-order valence-electron chi connectivity index (χ3n) is 3.51. The van der Waals surface area contributed by atoms with Crippen LogP contribution in [0.5, 0.6) is 11.5 Å². The fraction of sp³-hybridized carbons (Fsp3) is 0.235. The third kappa shape index (κ3) is 4.63. The highest BCUT2D eigenvalue weighted by Crippen LogP contribution is 2.30. The lowest BCUT2D eigenvalue weighted by atomic mass is 10.2. The Balaban J connectivity index is 1.55. The van der Waals surface area contributed by atoms with Gasteiger partial charge in [-0.15, -0.1) is 0 Å². The molecule has 3 rings (SSSR count). The van der Waals surface area contributed by atoms with E-state index in [9.17, 15) is 13.2 Å². The smallest absolute Gasteiger partial charge is 0.251 e. The number of hydrogen-bond donors (Lipinski definition) is 2. The highest BCUT2D eigenvalue weighted by molar-refractivity contribution is 7.92. The van der Waals surface area contributed by atoms with E-state index in [1.807, 2.05) is 24.3 Å². The van der Waals surface area contributed by atoms with Crippen LogP contribution in [-0.4, -0.2) is 39.8 Å². The molecule has 0 bridgehead atoms. The van der Waals surface area contributed by atoms with Crippen LogP contribution in [0.1, 0.15) is 10.4 Å². The number of sulfonamides is 1. The number of nitrogens with one attached hydrogen (secondary N) is 2. The second-order valence-corrected chi connectivity index (χ2v) is 7.41. The Morgan fingerprint density at radius 3 is 2.48 bits per heavy atom. The van der Waals surface area contributed by atoms with Gasteiger partial charge >= 0.3 is 0 Å². The fourth-order valence-electron chi connectivity index (χ4n) is 2.38. The van der Waals surface area contributed by atoms with Gasteiger partial charge in [-0.3, -0.25) is 9.52 Å². The quantitative estimate of drug-likeness (QED) is 0.843. The molecule has 8 heteroatoms. The minimum absolute atomic E-state index is 0.270. The second kappa shape index (κ2) is 7.02. The molecule has 1 unspecified atom stereocenters. The molecular formula is C17H18N2O5S. The van der Waals surface area contributed by atoms with Crippen LogP contribution in [0.3, 0.4) is 0 Å². The van der Waals surface area contributed by atoms with Gasteiger partial charge in [-0.25, -0.2) is 8.42 Å². The van der Waals surface area contributed by atoms with E-state index >= 15 is 0 Å². The zero-order chi connectivity index (χ0) is 17.9. The zero-order valence-electron chi connectivity index (χ0n) is 13.6. The van der Waals surface area contributed by atoms with Crippen LogP contribution >= 0.6 is 0 Å². The first-order valence-corrected chi connectivity index (χ1v) is 9.54. The molecule has 0 spiro atoms. The van der Waals surface area contributed by atoms with Gasteiger partial charge in [0, 0.05) is 11.3 Å². The number of para-hydroxylation sites is 2. The number of carbonyl (C=O) groups excluding carboxylic acids is 1. The number of ether oxygens (including phenoxy) is 2. The molecule has 132 valence electrons. The maximum absolute atomic E-state index is 12.2. The molecule has 1 heterocycles. The number of benzene rings is 2. The summed E-state index contributed by atoms with van der Waals surface area (Å²) >= 11 is 0. The summed E-state index contributed by atoms with van der Waals surface area (Å²) in [4.78, 5) is 12.2. The van der Waals surface area contributed by atoms with Gasteiger partial charge in [0.15, 0.2) is 11.5 Å². The van der Waals surface area contributed by atoms with Crippen LogP contribution in [-0.2, 0) is 10.0 Å². The molecule has 0 fully saturated rings. The Hall–Kier alpha value is -2.74. The van der Waals surface area contributed by atoms with Crippen molar-refractivity contribution in [2.45, 2.75) is 6.10 Å². The first-order chi connectivity index (χ1) is 11.9. The molecule has 0 radical (unpaired) electrons. The van der Waals surface area contributed by atoms with Gasteiger partial charge in [0.2, 0.25) is 10.0 Å². The zero-order valence-corrected chi connectivity index (χ0v) is 14.4. The Kier molecular flexibility index (Phi) is 4.80. The fourth-order valence-corrected chi connectivity index (χ4v) is 2.94. The van der Waals surface area contributed by atoms with Crippen molar-refractivity contribution in [3.05, 3.63) is 54.1 Å². The van der Waals surface area contributed by atoms with E-state index in [1.165, 1.54) is 12.1 Å². The van der Waals surface area contributed by atoms with E-state index in [2.05, 4.69) is 10.0 Å². The molecule has 7 nitrogen and oxygen atoms in total. The molecule has 0 saturated carbocycles. The Bertz CT molecular complexity index is 865. The lowest BCUT2D eigenvalue weighted by Gasteiger charge is -2.26. The molecule has 1 amide bonds. The predicted octanol–water partition coefficient (Wildman–Crippen LogP) is 1.63. The number of fused-ring (bicyclic) bond motifs is 1. The van der Waals surface area contributed by atoms with E-state index < -0.39 is 10.0 Å². The summed E-state index contributed by atoms with van der Waals surface area (Å²) in [6.07, 6.45) is 0.794. The Morgan fingerprint density at radius 2 is 1.80 bits per heavy atom. The number of rotatable bonds is 5. The predicted molar refractivity (Wildman–Crippen MR) is 93.6 cm³/mol. The van der Waals surface area contributed by atoms with E-state index in [4.69, 9.17) is 9.47 Å². The van der Waals surface area contributed by atoms with Gasteiger partial charge in [-0.1, -0.05) is 12.1 Å². The molecular weight excluding hydrogens is 344 g/mol. The average molecular weight is 362 g/mol. The summed E-state index contributed by atoms with van der Waals surface area (Å²) in [5.41, 5.74) is 0.829. The molecule has 1 aliphatic rings. The van der Waals surface area contributed by atoms with Gasteiger partial charge in [-0.05, 0) is 36.4 Å². The summed E-state index contributed by atoms with van der Waals surface area (Å²) in [5, 5.41) is 2.78. The summed E-state index contributed by atoms with van der Waals surface area (Å²) < 4.78 is 36.1. The SMILES string of the molecule is CS(=O)(=O)Nc1ccc(C(=O)NCC2COc3ccccc3O2)cc1. The molecule has 0 saturated heterocycles. The first-order valence-electron chi connectivity index (χ1n) is 7.65. The van der Waals surface area contributed by atoms with Crippen molar-refractivity contribution in [2.24, 2.45) is 0 Å². The van der Waals surface area contributed by atoms with Crippen molar-refractivity contribution in [1.29, 1.82) is 0 Å². The largest absolute Gasteiger partial charge is 0.486 e. The molecule has 0 aliphatic carbocycles. The number of amides is 1. The minimum atomic E-state index is -3.34. The monoisotopic (exact) mass is 362 g/mol. The van der Waals surface area contributed by atoms with Crippen molar-refractivity contribution in [2.75, 3.05) is 24.1 Å². The van der Waals surface area contributed by atoms with Crippen molar-refractivity contribution in [1.82, 2.24) is 5.32 Å². The molecule has 25 heavy (non-hydrogen) atoms. The van der Waals surface area contributed by atoms with Crippen LogP contribution in [0, 0.1) is 0 Å². The van der Waals surface area contributed by atoms with Crippen molar-refractivity contribution >= 4 is 21.6 Å². The second-order valence-electron chi connectivity index (χ2n) is 5.66. The molecule has 1 aliphatic heterocycles. The van der Waals surface area contributed by atoms with Crippen LogP contribution in [0.2, 0.25) is 0 Å². The van der Waals surface area contributed by atoms with E-state index in [1.54, 1.807) is 12.1 Å². The lowest BCUT2D eigenvalue weighted by Crippen LogP contribution is -2.40. The van der Waals surface area contributed by atoms with Gasteiger partial charge < -0.3 is 14.8 Å². The highest BCUT2D eigenvalue weighted by Gasteiger charge is 2.21. The average Bonchev–Trinajstić information content (AvgIpc) is 2.59. The van der Waals surface area contributed by atoms with Crippen LogP contribution in [0.15, 0.2) is 48.5 Å². The topological polar surface area (TPSA) is 93.7 Å². The molecule has 0 aromatic heterocycles. The van der Waals surface area contributed by atoms with E-state index in [-0.39, 0.29) is 12.0 Å². The number of carbonyl (C=O) groups is 1. The summed E-state index contributed by atoms with van der Waals surface area (Å²) in [7, 11) is -3.34. The highest BCUT2D eigenvalue weighted by atomic mass is 32.2. The third-order valence-corrected chi connectivity index (χ3v) is 4.11. The minimum Gasteiger partial charge on any atom is -0.486 e. The maximum atomic E-state index is 12.2. The standard InChI is InChI=1S/C17H18N2O5S/c1-25(21,22)19-13-8-6-12(7-9-13)17(20)18-10-14-11-23-15-4-2-3-5-16(15)24-14/h2-9,14,19H,10-11H2,1H3,(H,18,20). The van der Waals surface area contributed by atoms with Crippen LogP contribution < -0.4 is 19.5 Å². The summed E-state index contributed by atoms with van der Waals surface area (Å²) in [6, 6.07) is 13.5. The Labute approximate surface area is 146 Å². The van der Waals surface area contributed by atoms with Crippen molar-refractivity contribution < 1.29 is 22.7 Å². The van der Waals surface area contributed by atoms with Crippen molar-refractivity contribution in [3.63, 3.8) is 0 Å². The first kappa shape index (κ1) is 17.1. The molecule has 2 N–H and O–H groups in total. The van der Waals surface area contributed by atoms with E-state index in [0.717, 1.165) is 6.26 Å². The van der Waals surface area contributed by atoms with Gasteiger partial charge in [0.25, 0.3) is 5.91 Å². The maximum Gasteiger partial charge on any atom is 0.251 e. The van der Waals surface area contributed by atoms with Crippen LogP contribution in [0.25, 0.3) is 0 Å². The Morgan fingerprint density at radius 1 is 1.12 bits per heavy atom. The number of anilines is 1. The van der Waals surface area contributed by atoms with Crippen LogP contribution in [0.4, 0.5) is 5.69 Å². The van der Waals surface area contributed by atoms with Gasteiger partial charge in [0.1, 0.15) is 12.7 Å². The molecule has 2 aromatic rings. The molecule has 2 aromatic carbocycles. The van der Waals surface area contributed by atoms with Gasteiger partial charge in [0.05, 0.1) is 12.8 Å².